The van der Waals surface area contributed by atoms with Gasteiger partial charge in [-0.05, 0) is 19.8 Å². The van der Waals surface area contributed by atoms with Crippen LogP contribution in [-0.2, 0) is 19.2 Å². The van der Waals surface area contributed by atoms with E-state index in [0.29, 0.717) is 31.0 Å². The van der Waals surface area contributed by atoms with Gasteiger partial charge in [-0.25, -0.2) is 9.79 Å². The largest absolute Gasteiger partial charge is 0.477 e. The van der Waals surface area contributed by atoms with Gasteiger partial charge in [-0.1, -0.05) is 6.92 Å². The topological polar surface area (TPSA) is 209 Å². The highest BCUT2D eigenvalue weighted by Crippen LogP contribution is 2.51. The molecule has 0 aliphatic carbocycles. The third-order valence-corrected chi connectivity index (χ3v) is 8.85. The highest BCUT2D eigenvalue weighted by Gasteiger charge is 2.60. The zero-order valence-electron chi connectivity index (χ0n) is 20.3. The van der Waals surface area contributed by atoms with E-state index in [-0.39, 0.29) is 59.3 Å². The van der Waals surface area contributed by atoms with Gasteiger partial charge in [-0.2, -0.15) is 0 Å². The van der Waals surface area contributed by atoms with E-state index >= 15 is 0 Å². The van der Waals surface area contributed by atoms with Gasteiger partial charge in [0.25, 0.3) is 0 Å². The number of thioether (sulfide) groups is 1. The first kappa shape index (κ1) is 26.2. The van der Waals surface area contributed by atoms with Crippen molar-refractivity contribution in [2.24, 2.45) is 34.0 Å². The summed E-state index contributed by atoms with van der Waals surface area (Å²) in [4.78, 5) is 57.6. The summed E-state index contributed by atoms with van der Waals surface area (Å²) in [5, 5.41) is 16.0. The highest BCUT2D eigenvalue weighted by atomic mass is 32.2. The molecule has 0 aromatic rings. The molecule has 7 atom stereocenters. The fourth-order valence-corrected chi connectivity index (χ4v) is 7.10. The molecule has 9 N–H and O–H groups in total. The molecule has 0 unspecified atom stereocenters. The lowest BCUT2D eigenvalue weighted by molar-refractivity contribution is -0.158. The van der Waals surface area contributed by atoms with Crippen molar-refractivity contribution < 1.29 is 24.3 Å². The molecule has 14 heteroatoms. The molecule has 4 aliphatic rings. The Morgan fingerprint density at radius 1 is 1.33 bits per heavy atom. The fraction of sp³-hybridized carbons (Fsp3) is 0.682. The number of nitrogens with one attached hydrogen (secondary N) is 2. The summed E-state index contributed by atoms with van der Waals surface area (Å²) in [5.41, 5.74) is 16.5. The predicted molar refractivity (Wildman–Crippen MR) is 133 cm³/mol. The highest BCUT2D eigenvalue weighted by molar-refractivity contribution is 8.03. The van der Waals surface area contributed by atoms with Crippen molar-refractivity contribution in [2.75, 3.05) is 26.2 Å². The number of likely N-dealkylation sites (tertiary alicyclic amines) is 1. The Balaban J connectivity index is 1.41. The number of aliphatic carboxylic acids is 1. The van der Waals surface area contributed by atoms with Crippen LogP contribution in [0, 0.1) is 11.8 Å². The minimum absolute atomic E-state index is 0.00178. The Bertz CT molecular complexity index is 1010. The van der Waals surface area contributed by atoms with Crippen molar-refractivity contribution in [2.45, 2.75) is 56.1 Å². The second-order valence-corrected chi connectivity index (χ2v) is 11.2. The number of aliphatic imine (C=N–C) groups is 1. The van der Waals surface area contributed by atoms with E-state index in [1.807, 2.05) is 6.92 Å². The molecule has 0 radical (unpaired) electrons. The Morgan fingerprint density at radius 3 is 2.67 bits per heavy atom. The van der Waals surface area contributed by atoms with Gasteiger partial charge in [-0.3, -0.25) is 14.4 Å². The van der Waals surface area contributed by atoms with Crippen LogP contribution < -0.4 is 27.8 Å². The van der Waals surface area contributed by atoms with Crippen LogP contribution in [0.2, 0.25) is 0 Å². The molecule has 3 fully saturated rings. The maximum Gasteiger partial charge on any atom is 0.353 e. The summed E-state index contributed by atoms with van der Waals surface area (Å²) in [6, 6.07) is -1.21. The first-order valence-corrected chi connectivity index (χ1v) is 13.0. The Kier molecular flexibility index (Phi) is 7.48. The molecule has 36 heavy (non-hydrogen) atoms. The van der Waals surface area contributed by atoms with E-state index in [2.05, 4.69) is 15.6 Å². The van der Waals surface area contributed by atoms with E-state index < -0.39 is 23.8 Å². The van der Waals surface area contributed by atoms with Crippen molar-refractivity contribution in [3.05, 3.63) is 10.6 Å². The predicted octanol–water partition coefficient (Wildman–Crippen LogP) is -2.44. The summed E-state index contributed by atoms with van der Waals surface area (Å²) >= 11 is 1.43. The van der Waals surface area contributed by atoms with Gasteiger partial charge in [0, 0.05) is 47.8 Å². The zero-order valence-corrected chi connectivity index (χ0v) is 21.2. The number of carboxylic acids is 1. The van der Waals surface area contributed by atoms with Gasteiger partial charge < -0.3 is 42.7 Å². The van der Waals surface area contributed by atoms with E-state index in [0.717, 1.165) is 6.42 Å². The molecule has 4 rings (SSSR count). The van der Waals surface area contributed by atoms with Crippen LogP contribution in [-0.4, -0.2) is 100 Å². The van der Waals surface area contributed by atoms with E-state index in [1.54, 1.807) is 11.8 Å². The van der Waals surface area contributed by atoms with Crippen molar-refractivity contribution in [3.8, 4) is 0 Å². The van der Waals surface area contributed by atoms with Crippen LogP contribution in [0.3, 0.4) is 0 Å². The summed E-state index contributed by atoms with van der Waals surface area (Å²) in [5.74, 6) is -2.90. The van der Waals surface area contributed by atoms with Crippen molar-refractivity contribution in [1.82, 2.24) is 20.4 Å². The molecule has 0 aromatic heterocycles. The second kappa shape index (κ2) is 10.3. The van der Waals surface area contributed by atoms with Crippen molar-refractivity contribution >= 4 is 41.4 Å². The molecule has 0 aromatic carbocycles. The van der Waals surface area contributed by atoms with Crippen LogP contribution in [0.4, 0.5) is 0 Å². The van der Waals surface area contributed by atoms with E-state index in [9.17, 15) is 24.3 Å². The molecule has 4 aliphatic heterocycles. The standard InChI is InChI=1S/C22H34N8O5S/c1-9-16-15(10(2)28-14(31)7-27-22(24)25)20(33)30(16)17(21(34)35)18(9)36-12-5-13(26-6-12)19(32)29-4-3-11(23)8-29/h9-13,15-16,26H,3-8,23H2,1-2H3,(H,28,31)(H,34,35)(H4,24,25,27)/t9-,10-,11+,12+,13+,15-,16-/m1/s1. The van der Waals surface area contributed by atoms with Gasteiger partial charge in [0.2, 0.25) is 17.7 Å². The normalized spacial score (nSPS) is 32.2. The first-order chi connectivity index (χ1) is 17.0. The van der Waals surface area contributed by atoms with Gasteiger partial charge in [0.1, 0.15) is 12.2 Å². The lowest BCUT2D eigenvalue weighted by Gasteiger charge is -2.47. The monoisotopic (exact) mass is 522 g/mol. The number of rotatable bonds is 8. The van der Waals surface area contributed by atoms with Crippen molar-refractivity contribution in [3.63, 3.8) is 0 Å². The first-order valence-electron chi connectivity index (χ1n) is 12.1. The van der Waals surface area contributed by atoms with Gasteiger partial charge >= 0.3 is 5.97 Å². The Labute approximate surface area is 213 Å². The number of β-lactam (4-membered cyclic amide) rings is 1. The summed E-state index contributed by atoms with van der Waals surface area (Å²) in [6.07, 6.45) is 1.36. The van der Waals surface area contributed by atoms with Crippen LogP contribution in [0.5, 0.6) is 0 Å². The summed E-state index contributed by atoms with van der Waals surface area (Å²) in [7, 11) is 0. The number of carbonyl (C=O) groups is 4. The van der Waals surface area contributed by atoms with Crippen LogP contribution in [0.25, 0.3) is 0 Å². The fourth-order valence-electron chi connectivity index (χ4n) is 5.62. The van der Waals surface area contributed by atoms with E-state index in [1.165, 1.54) is 16.7 Å². The SMILES string of the molecule is C[C@@H](NC(=O)CN=C(N)N)[C@H]1C(=O)N2C(C(=O)O)=C(S[C@@H]3CN[C@H](C(=O)N4CC[C@H](N)C4)C3)[C@H](C)[C@H]12. The number of nitrogens with zero attached hydrogens (tertiary/aromatic N) is 3. The maximum atomic E-state index is 13.0. The number of guanidine groups is 1. The molecule has 4 heterocycles. The molecule has 198 valence electrons. The minimum atomic E-state index is -1.16. The van der Waals surface area contributed by atoms with Crippen LogP contribution in [0.1, 0.15) is 26.7 Å². The second-order valence-electron chi connectivity index (χ2n) is 9.90. The molecule has 0 bridgehead atoms. The quantitative estimate of drug-likeness (QED) is 0.113. The Morgan fingerprint density at radius 2 is 2.06 bits per heavy atom. The average Bonchev–Trinajstić information content (AvgIpc) is 3.50. The van der Waals surface area contributed by atoms with Gasteiger partial charge in [0.05, 0.1) is 18.0 Å². The third-order valence-electron chi connectivity index (χ3n) is 7.34. The summed E-state index contributed by atoms with van der Waals surface area (Å²) < 4.78 is 0. The number of amides is 3. The van der Waals surface area contributed by atoms with Gasteiger partial charge in [-0.15, -0.1) is 11.8 Å². The summed E-state index contributed by atoms with van der Waals surface area (Å²) in [6.45, 7) is 5.13. The molecule has 3 saturated heterocycles. The number of nitrogens with two attached hydrogens (primary N) is 3. The van der Waals surface area contributed by atoms with Crippen LogP contribution in [0.15, 0.2) is 15.6 Å². The van der Waals surface area contributed by atoms with Gasteiger partial charge in [0.15, 0.2) is 5.96 Å². The lowest BCUT2D eigenvalue weighted by atomic mass is 9.78. The minimum Gasteiger partial charge on any atom is -0.477 e. The average molecular weight is 523 g/mol. The van der Waals surface area contributed by atoms with Crippen LogP contribution >= 0.6 is 11.8 Å². The van der Waals surface area contributed by atoms with Crippen molar-refractivity contribution in [1.29, 1.82) is 0 Å². The third kappa shape index (κ3) is 4.89. The van der Waals surface area contributed by atoms with E-state index in [4.69, 9.17) is 17.2 Å². The molecule has 13 nitrogen and oxygen atoms in total. The molecule has 3 amide bonds. The maximum absolute atomic E-state index is 13.0. The molecular weight excluding hydrogens is 488 g/mol. The number of hydrogen-bond donors (Lipinski definition) is 6. The lowest BCUT2D eigenvalue weighted by Crippen LogP contribution is -2.66. The number of hydrogen-bond acceptors (Lipinski definition) is 8. The zero-order chi connectivity index (χ0) is 26.3. The Hall–Kier alpha value is -2.84. The molecule has 0 saturated carbocycles. The smallest absolute Gasteiger partial charge is 0.353 e. The number of fused-ring (bicyclic) bond motifs is 1. The number of carboxylic acid groups (broad SMARTS) is 1. The molecular formula is C22H34N8O5S. The number of carbonyl (C=O) groups excluding carboxylic acids is 3. The molecule has 0 spiro atoms.